The molecule has 5 rings (SSSR count). The summed E-state index contributed by atoms with van der Waals surface area (Å²) in [4.78, 5) is 40.4. The molecule has 0 spiro atoms. The monoisotopic (exact) mass is 596 g/mol. The smallest absolute Gasteiger partial charge is 0.326 e. The average molecular weight is 597 g/mol. The van der Waals surface area contributed by atoms with E-state index in [0.717, 1.165) is 30.8 Å². The number of hydrogen-bond donors (Lipinski definition) is 2. The third kappa shape index (κ3) is 9.18. The van der Waals surface area contributed by atoms with Gasteiger partial charge < -0.3 is 20.1 Å². The van der Waals surface area contributed by atoms with Crippen LogP contribution in [0.25, 0.3) is 0 Å². The summed E-state index contributed by atoms with van der Waals surface area (Å²) < 4.78 is 5.99. The van der Waals surface area contributed by atoms with Crippen molar-refractivity contribution in [1.29, 1.82) is 0 Å². The van der Waals surface area contributed by atoms with Crippen molar-refractivity contribution in [2.45, 2.75) is 70.3 Å². The Morgan fingerprint density at radius 3 is 2.25 bits per heavy atom. The first-order valence-corrected chi connectivity index (χ1v) is 16.1. The van der Waals surface area contributed by atoms with Crippen LogP contribution in [-0.2, 0) is 16.0 Å². The minimum atomic E-state index is -0.999. The van der Waals surface area contributed by atoms with Crippen molar-refractivity contribution in [1.82, 2.24) is 4.90 Å². The second-order valence-corrected chi connectivity index (χ2v) is 12.3. The predicted octanol–water partition coefficient (Wildman–Crippen LogP) is 7.00. The van der Waals surface area contributed by atoms with Gasteiger partial charge in [0, 0.05) is 42.7 Å². The third-order valence-electron chi connectivity index (χ3n) is 8.76. The van der Waals surface area contributed by atoms with Gasteiger partial charge in [-0.05, 0) is 73.8 Å². The Balaban J connectivity index is 1.12. The molecule has 2 aliphatic carbocycles. The van der Waals surface area contributed by atoms with Crippen LogP contribution in [0.4, 0.5) is 5.69 Å². The zero-order valence-corrected chi connectivity index (χ0v) is 25.5. The topological polar surface area (TPSA) is 95.9 Å². The number of hydrogen-bond acceptors (Lipinski definition) is 5. The number of amides is 1. The molecule has 7 heteroatoms. The molecular weight excluding hydrogens is 552 g/mol. The molecule has 0 saturated heterocycles. The molecule has 0 radical (unpaired) electrons. The van der Waals surface area contributed by atoms with E-state index < -0.39 is 12.0 Å². The maximum atomic E-state index is 13.1. The third-order valence-corrected chi connectivity index (χ3v) is 8.76. The van der Waals surface area contributed by atoms with Crippen LogP contribution in [0.5, 0.6) is 5.75 Å². The van der Waals surface area contributed by atoms with E-state index in [4.69, 9.17) is 4.74 Å². The number of nitrogens with one attached hydrogen (secondary N) is 1. The highest BCUT2D eigenvalue weighted by Crippen LogP contribution is 2.31. The van der Waals surface area contributed by atoms with E-state index in [9.17, 15) is 19.5 Å². The summed E-state index contributed by atoms with van der Waals surface area (Å²) in [7, 11) is 0. The van der Waals surface area contributed by atoms with Crippen molar-refractivity contribution in [2.24, 2.45) is 11.8 Å². The van der Waals surface area contributed by atoms with Crippen LogP contribution in [0.1, 0.15) is 79.3 Å². The molecule has 0 bridgehead atoms. The first-order chi connectivity index (χ1) is 21.5. The molecule has 7 nitrogen and oxygen atoms in total. The van der Waals surface area contributed by atoms with E-state index in [0.29, 0.717) is 47.6 Å². The molecule has 1 amide bonds. The summed E-state index contributed by atoms with van der Waals surface area (Å²) in [6, 6.07) is 22.5. The highest BCUT2D eigenvalue weighted by atomic mass is 16.5. The minimum absolute atomic E-state index is 0.163. The van der Waals surface area contributed by atoms with Crippen LogP contribution >= 0.6 is 0 Å². The molecule has 44 heavy (non-hydrogen) atoms. The molecule has 3 aromatic rings. The second kappa shape index (κ2) is 15.6. The maximum Gasteiger partial charge on any atom is 0.326 e. The molecule has 2 aliphatic rings. The van der Waals surface area contributed by atoms with Crippen molar-refractivity contribution in [2.75, 3.05) is 25.0 Å². The van der Waals surface area contributed by atoms with Crippen LogP contribution in [0.3, 0.4) is 0 Å². The van der Waals surface area contributed by atoms with Gasteiger partial charge in [-0.2, -0.15) is 0 Å². The van der Waals surface area contributed by atoms with Gasteiger partial charge >= 0.3 is 5.97 Å². The number of ketones is 1. The highest BCUT2D eigenvalue weighted by Gasteiger charge is 2.28. The van der Waals surface area contributed by atoms with Gasteiger partial charge in [0.2, 0.25) is 5.91 Å². The first kappa shape index (κ1) is 31.3. The maximum absolute atomic E-state index is 13.1. The standard InChI is InChI=1S/C37H44N2O5/c40-35(25-27-10-3-1-4-11-27)39(26-29-16-17-29)22-9-23-44-31-20-18-28(19-21-31)24-34(37(42)43)38-33-15-8-7-14-32(33)36(41)30-12-5-2-6-13-30/h2,5-8,12-15,18-21,27,29,34,38H,1,3-4,9-11,16-17,22-26H2,(H,42,43)/t34-/m0/s1. The lowest BCUT2D eigenvalue weighted by Gasteiger charge is -2.27. The molecular formula is C37H44N2O5. The van der Waals surface area contributed by atoms with Crippen LogP contribution in [0.15, 0.2) is 78.9 Å². The number of rotatable bonds is 16. The number of para-hydroxylation sites is 1. The Labute approximate surface area is 260 Å². The molecule has 0 heterocycles. The van der Waals surface area contributed by atoms with Crippen LogP contribution in [-0.4, -0.2) is 53.4 Å². The zero-order valence-electron chi connectivity index (χ0n) is 25.5. The van der Waals surface area contributed by atoms with Crippen LogP contribution in [0, 0.1) is 11.8 Å². The van der Waals surface area contributed by atoms with E-state index in [-0.39, 0.29) is 12.2 Å². The van der Waals surface area contributed by atoms with Crippen LogP contribution in [0.2, 0.25) is 0 Å². The SMILES string of the molecule is O=C(c1ccccc1)c1ccccc1N[C@@H](Cc1ccc(OCCCN(CC2CC2)C(=O)CC2CCCCC2)cc1)C(=O)O. The molecule has 0 aliphatic heterocycles. The first-order valence-electron chi connectivity index (χ1n) is 16.1. The van der Waals surface area contributed by atoms with Gasteiger partial charge in [-0.15, -0.1) is 0 Å². The fourth-order valence-corrected chi connectivity index (χ4v) is 6.04. The Morgan fingerprint density at radius 2 is 1.55 bits per heavy atom. The molecule has 3 aromatic carbocycles. The Bertz CT molecular complexity index is 1380. The van der Waals surface area contributed by atoms with Crippen molar-refractivity contribution >= 4 is 23.3 Å². The van der Waals surface area contributed by atoms with E-state index in [1.165, 1.54) is 44.9 Å². The lowest BCUT2D eigenvalue weighted by atomic mass is 9.86. The summed E-state index contributed by atoms with van der Waals surface area (Å²) in [5.74, 6) is 1.08. The van der Waals surface area contributed by atoms with Gasteiger partial charge in [-0.1, -0.05) is 73.9 Å². The van der Waals surface area contributed by atoms with E-state index in [1.807, 2.05) is 30.3 Å². The largest absolute Gasteiger partial charge is 0.494 e. The number of benzene rings is 3. The number of aliphatic carboxylic acids is 1. The van der Waals surface area contributed by atoms with Gasteiger partial charge in [0.05, 0.1) is 6.61 Å². The molecule has 2 N–H and O–H groups in total. The van der Waals surface area contributed by atoms with Crippen LogP contribution < -0.4 is 10.1 Å². The van der Waals surface area contributed by atoms with E-state index in [2.05, 4.69) is 10.2 Å². The fourth-order valence-electron chi connectivity index (χ4n) is 6.04. The summed E-state index contributed by atoms with van der Waals surface area (Å²) in [5, 5.41) is 13.1. The summed E-state index contributed by atoms with van der Waals surface area (Å²) in [5.41, 5.74) is 2.31. The predicted molar refractivity (Wildman–Crippen MR) is 172 cm³/mol. The number of carboxylic acid groups (broad SMARTS) is 1. The number of carboxylic acids is 1. The van der Waals surface area contributed by atoms with E-state index in [1.54, 1.807) is 48.5 Å². The summed E-state index contributed by atoms with van der Waals surface area (Å²) in [6.07, 6.45) is 10.3. The fraction of sp³-hybridized carbons (Fsp3) is 0.432. The van der Waals surface area contributed by atoms with Crippen molar-refractivity contribution in [3.63, 3.8) is 0 Å². The highest BCUT2D eigenvalue weighted by molar-refractivity contribution is 6.12. The second-order valence-electron chi connectivity index (χ2n) is 12.3. The van der Waals surface area contributed by atoms with Gasteiger partial charge in [0.1, 0.15) is 11.8 Å². The Hall–Kier alpha value is -4.13. The molecule has 1 atom stereocenters. The van der Waals surface area contributed by atoms with Gasteiger partial charge in [0.15, 0.2) is 5.78 Å². The average Bonchev–Trinajstić information content (AvgIpc) is 3.88. The van der Waals surface area contributed by atoms with Gasteiger partial charge in [0.25, 0.3) is 0 Å². The number of nitrogens with zero attached hydrogens (tertiary/aromatic N) is 1. The van der Waals surface area contributed by atoms with E-state index >= 15 is 0 Å². The minimum Gasteiger partial charge on any atom is -0.494 e. The summed E-state index contributed by atoms with van der Waals surface area (Å²) in [6.45, 7) is 2.12. The molecule has 0 unspecified atom stereocenters. The van der Waals surface area contributed by atoms with Gasteiger partial charge in [-0.25, -0.2) is 4.79 Å². The Morgan fingerprint density at radius 1 is 0.841 bits per heavy atom. The van der Waals surface area contributed by atoms with Gasteiger partial charge in [-0.3, -0.25) is 9.59 Å². The quantitative estimate of drug-likeness (QED) is 0.137. The van der Waals surface area contributed by atoms with Crippen molar-refractivity contribution in [3.8, 4) is 5.75 Å². The molecule has 2 fully saturated rings. The molecule has 0 aromatic heterocycles. The lowest BCUT2D eigenvalue weighted by molar-refractivity contribution is -0.138. The normalized spacial score (nSPS) is 15.7. The zero-order chi connectivity index (χ0) is 30.7. The molecule has 2 saturated carbocycles. The molecule has 232 valence electrons. The number of carbonyl (C=O) groups excluding carboxylic acids is 2. The lowest BCUT2D eigenvalue weighted by Crippen LogP contribution is -2.35. The number of ether oxygens (including phenoxy) is 1. The Kier molecular flexibility index (Phi) is 11.1. The number of carbonyl (C=O) groups is 3. The van der Waals surface area contributed by atoms with Crippen molar-refractivity contribution in [3.05, 3.63) is 95.6 Å². The number of anilines is 1. The summed E-state index contributed by atoms with van der Waals surface area (Å²) >= 11 is 0. The van der Waals surface area contributed by atoms with Crippen molar-refractivity contribution < 1.29 is 24.2 Å².